The lowest BCUT2D eigenvalue weighted by molar-refractivity contribution is -0.302. The second kappa shape index (κ2) is 14.1. The van der Waals surface area contributed by atoms with E-state index in [1.807, 2.05) is 0 Å². The molecular weight excluding hydrogens is 630 g/mol. The molecule has 3 aliphatic rings. The minimum absolute atomic E-state index is 0.00884. The van der Waals surface area contributed by atoms with Crippen LogP contribution in [0.25, 0.3) is 0 Å². The molecule has 2 saturated carbocycles. The highest BCUT2D eigenvalue weighted by atomic mass is 17.2. The monoisotopic (exact) mass is 673 g/mol. The maximum Gasteiger partial charge on any atom is 0.374 e. The Morgan fingerprint density at radius 3 is 2.17 bits per heavy atom. The zero-order chi connectivity index (χ0) is 35.7. The predicted molar refractivity (Wildman–Crippen MR) is 163 cm³/mol. The smallest absolute Gasteiger partial charge is 0.374 e. The van der Waals surface area contributed by atoms with E-state index in [1.54, 1.807) is 33.8 Å². The third-order valence-corrected chi connectivity index (χ3v) is 9.39. The summed E-state index contributed by atoms with van der Waals surface area (Å²) in [5.74, 6) is -7.11. The number of ether oxygens (including phenoxy) is 5. The predicted octanol–water partition coefficient (Wildman–Crippen LogP) is 3.25. The third-order valence-electron chi connectivity index (χ3n) is 9.39. The number of esters is 4. The van der Waals surface area contributed by atoms with Gasteiger partial charge in [-0.2, -0.15) is 4.89 Å². The van der Waals surface area contributed by atoms with Crippen molar-refractivity contribution in [1.82, 2.24) is 4.98 Å². The van der Waals surface area contributed by atoms with Crippen molar-refractivity contribution in [3.8, 4) is 0 Å². The van der Waals surface area contributed by atoms with Gasteiger partial charge >= 0.3 is 29.8 Å². The van der Waals surface area contributed by atoms with Crippen molar-refractivity contribution in [2.24, 2.45) is 23.2 Å². The number of rotatable bonds is 7. The Bertz CT molecular complexity index is 1460. The van der Waals surface area contributed by atoms with Gasteiger partial charge in [0.25, 0.3) is 0 Å². The van der Waals surface area contributed by atoms with Gasteiger partial charge in [-0.1, -0.05) is 34.3 Å². The van der Waals surface area contributed by atoms with Gasteiger partial charge in [0.1, 0.15) is 24.4 Å². The van der Waals surface area contributed by atoms with Crippen LogP contribution in [0, 0.1) is 23.2 Å². The summed E-state index contributed by atoms with van der Waals surface area (Å²) in [5.41, 5.74) is -2.84. The first-order valence-electron chi connectivity index (χ1n) is 15.8. The highest BCUT2D eigenvalue weighted by Gasteiger charge is 2.68. The number of ketones is 1. The van der Waals surface area contributed by atoms with Crippen LogP contribution in [-0.4, -0.2) is 82.8 Å². The summed E-state index contributed by atoms with van der Waals surface area (Å²) in [6.07, 6.45) is -3.69. The topological polar surface area (TPSA) is 183 Å². The molecule has 10 atom stereocenters. The maximum atomic E-state index is 14.7. The van der Waals surface area contributed by atoms with E-state index in [9.17, 15) is 28.8 Å². The number of hydrogen-bond donors (Lipinski definition) is 0. The van der Waals surface area contributed by atoms with Crippen molar-refractivity contribution in [1.29, 1.82) is 0 Å². The Morgan fingerprint density at radius 1 is 0.958 bits per heavy atom. The summed E-state index contributed by atoms with van der Waals surface area (Å²) in [7, 11) is 0. The Morgan fingerprint density at radius 2 is 1.60 bits per heavy atom. The summed E-state index contributed by atoms with van der Waals surface area (Å²) < 4.78 is 29.4. The summed E-state index contributed by atoms with van der Waals surface area (Å²) >= 11 is 0. The molecule has 48 heavy (non-hydrogen) atoms. The number of pyridine rings is 1. The summed E-state index contributed by atoms with van der Waals surface area (Å²) in [6.45, 7) is 15.7. The molecule has 0 unspecified atom stereocenters. The first-order chi connectivity index (χ1) is 22.4. The molecule has 0 spiro atoms. The Labute approximate surface area is 278 Å². The molecule has 1 saturated heterocycles. The normalized spacial score (nSPS) is 34.2. The number of epoxide rings is 1. The lowest BCUT2D eigenvalue weighted by atomic mass is 9.70. The molecule has 0 N–H and O–H groups in total. The summed E-state index contributed by atoms with van der Waals surface area (Å²) in [6, 6.07) is 3.04. The molecule has 1 aromatic rings. The molecule has 0 bridgehead atoms. The van der Waals surface area contributed by atoms with Gasteiger partial charge in [-0.15, -0.1) is 0 Å². The molecule has 0 aromatic carbocycles. The highest BCUT2D eigenvalue weighted by Crippen LogP contribution is 2.54. The standard InChI is InChI=1S/C34H43NO13/c1-16-14-34(46-22(7)39)26(27(16)43-20(5)37)28(44-21(6)38)17(2)24(42-19(4)36)13-25(47-48-32(41)23-11-10-12-35-15-23)33(8,9)31-29(45-31)18(3)30(34)40/h10-12,15-16,18,24-29,31H,2,13-14H2,1,3-9H3/t16-,18+,24+,25+,26+,27-,28-,29-,31-,34+/m0/s1. The van der Waals surface area contributed by atoms with Crippen molar-refractivity contribution < 1.29 is 62.2 Å². The molecule has 0 amide bonds. The van der Waals surface area contributed by atoms with Crippen LogP contribution in [0.4, 0.5) is 0 Å². The number of fused-ring (bicyclic) bond motifs is 2. The van der Waals surface area contributed by atoms with E-state index in [1.165, 1.54) is 32.3 Å². The van der Waals surface area contributed by atoms with E-state index in [-0.39, 0.29) is 24.0 Å². The van der Waals surface area contributed by atoms with Crippen molar-refractivity contribution in [2.75, 3.05) is 0 Å². The maximum absolute atomic E-state index is 14.7. The van der Waals surface area contributed by atoms with Crippen molar-refractivity contribution >= 4 is 35.6 Å². The zero-order valence-corrected chi connectivity index (χ0v) is 28.4. The molecule has 14 nitrogen and oxygen atoms in total. The van der Waals surface area contributed by atoms with Gasteiger partial charge in [-0.05, 0) is 18.1 Å². The van der Waals surface area contributed by atoms with Gasteiger partial charge in [-0.3, -0.25) is 33.8 Å². The minimum Gasteiger partial charge on any atom is -0.462 e. The van der Waals surface area contributed by atoms with Gasteiger partial charge in [0, 0.05) is 69.8 Å². The lowest BCUT2D eigenvalue weighted by Gasteiger charge is -2.42. The summed E-state index contributed by atoms with van der Waals surface area (Å²) in [4.78, 5) is 92.9. The molecule has 4 rings (SSSR count). The molecule has 2 aliphatic carbocycles. The minimum atomic E-state index is -1.95. The second-order valence-corrected chi connectivity index (χ2v) is 13.4. The van der Waals surface area contributed by atoms with Gasteiger partial charge in [0.05, 0.1) is 23.7 Å². The molecule has 2 heterocycles. The Kier molecular flexibility index (Phi) is 10.8. The lowest BCUT2D eigenvalue weighted by Crippen LogP contribution is -2.58. The van der Waals surface area contributed by atoms with Crippen LogP contribution in [-0.2, 0) is 57.4 Å². The fourth-order valence-electron chi connectivity index (χ4n) is 7.16. The van der Waals surface area contributed by atoms with Crippen molar-refractivity contribution in [3.05, 3.63) is 42.2 Å². The molecule has 1 aromatic heterocycles. The van der Waals surface area contributed by atoms with E-state index < -0.39 is 101 Å². The molecule has 262 valence electrons. The number of aromatic nitrogens is 1. The Balaban J connectivity index is 1.88. The molecule has 14 heteroatoms. The largest absolute Gasteiger partial charge is 0.462 e. The fourth-order valence-corrected chi connectivity index (χ4v) is 7.16. The number of carbonyl (C=O) groups is 6. The van der Waals surface area contributed by atoms with Crippen LogP contribution < -0.4 is 0 Å². The van der Waals surface area contributed by atoms with Gasteiger partial charge in [-0.25, -0.2) is 4.79 Å². The number of nitrogens with zero attached hydrogens (tertiary/aromatic N) is 1. The number of carbonyl (C=O) groups excluding carboxylic acids is 6. The van der Waals surface area contributed by atoms with Gasteiger partial charge in [0.15, 0.2) is 11.4 Å². The quantitative estimate of drug-likeness (QED) is 0.103. The van der Waals surface area contributed by atoms with Crippen LogP contribution in [0.2, 0.25) is 0 Å². The third kappa shape index (κ3) is 7.44. The van der Waals surface area contributed by atoms with E-state index in [0.717, 1.165) is 13.8 Å². The first-order valence-corrected chi connectivity index (χ1v) is 15.8. The van der Waals surface area contributed by atoms with E-state index >= 15 is 0 Å². The summed E-state index contributed by atoms with van der Waals surface area (Å²) in [5, 5.41) is 0. The molecular formula is C34H43NO13. The van der Waals surface area contributed by atoms with Gasteiger partial charge in [0.2, 0.25) is 0 Å². The van der Waals surface area contributed by atoms with E-state index in [0.29, 0.717) is 0 Å². The van der Waals surface area contributed by atoms with Crippen LogP contribution in [0.1, 0.15) is 78.6 Å². The number of hydrogen-bond acceptors (Lipinski definition) is 14. The second-order valence-electron chi connectivity index (χ2n) is 13.4. The highest BCUT2D eigenvalue weighted by molar-refractivity contribution is 5.93. The molecule has 1 aliphatic heterocycles. The van der Waals surface area contributed by atoms with Crippen molar-refractivity contribution in [3.63, 3.8) is 0 Å². The Hall–Kier alpha value is -4.17. The van der Waals surface area contributed by atoms with Crippen LogP contribution >= 0.6 is 0 Å². The average Bonchev–Trinajstić information content (AvgIpc) is 3.77. The van der Waals surface area contributed by atoms with Crippen LogP contribution in [0.3, 0.4) is 0 Å². The zero-order valence-electron chi connectivity index (χ0n) is 28.4. The van der Waals surface area contributed by atoms with E-state index in [4.69, 9.17) is 33.5 Å². The molecule has 0 radical (unpaired) electrons. The average molecular weight is 674 g/mol. The first kappa shape index (κ1) is 36.7. The van der Waals surface area contributed by atoms with Crippen molar-refractivity contribution in [2.45, 2.75) is 110 Å². The SMILES string of the molecule is C=C1[C@H](OC(C)=O)C[C@@H](OOC(=O)c2cccnc2)C(C)(C)[C@H]2O[C@H]2[C@@H](C)C(=O)[C@@]2(OC(C)=O)C[C@H](C)[C@H](OC(C)=O)[C@@H]2[C@H]1OC(C)=O. The fraction of sp³-hybridized carbons (Fsp3) is 0.618. The van der Waals surface area contributed by atoms with Crippen LogP contribution in [0.15, 0.2) is 36.7 Å². The number of Topliss-reactive ketones (excluding diaryl/α,β-unsaturated/α-hetero) is 1. The van der Waals surface area contributed by atoms with Gasteiger partial charge < -0.3 is 23.7 Å². The molecule has 3 fully saturated rings. The van der Waals surface area contributed by atoms with Crippen LogP contribution in [0.5, 0.6) is 0 Å². The van der Waals surface area contributed by atoms with E-state index in [2.05, 4.69) is 11.6 Å².